The maximum atomic E-state index is 8.63. The Hall–Kier alpha value is 0.282. The van der Waals surface area contributed by atoms with E-state index in [1.54, 1.807) is 24.3 Å². The first kappa shape index (κ1) is 12.0. The minimum atomic E-state index is 0. The molecule has 0 spiro atoms. The summed E-state index contributed by atoms with van der Waals surface area (Å²) in [5.41, 5.74) is 0. The molecule has 0 fully saturated rings. The molecule has 0 saturated carbocycles. The molecule has 0 aliphatic rings. The average Bonchev–Trinajstić information content (AvgIpc) is 1.69. The molecule has 0 saturated heterocycles. The van der Waals surface area contributed by atoms with Crippen molar-refractivity contribution in [3.05, 3.63) is 30.3 Å². The maximum Gasteiger partial charge on any atom is 3.00 e. The van der Waals surface area contributed by atoms with Gasteiger partial charge in [-0.05, 0) is 12.1 Å². The number of benzene rings is 1. The smallest absolute Gasteiger partial charge is 1.00 e. The van der Waals surface area contributed by atoms with Gasteiger partial charge in [-0.1, -0.05) is 18.2 Å². The van der Waals surface area contributed by atoms with Gasteiger partial charge in [0.05, 0.1) is 0 Å². The number of rotatable bonds is 0. The molecule has 0 unspecified atom stereocenters. The largest absolute Gasteiger partial charge is 3.00 e. The van der Waals surface area contributed by atoms with E-state index < -0.39 is 0 Å². The molecule has 0 aromatic heterocycles. The molecule has 0 aliphatic carbocycles. The van der Waals surface area contributed by atoms with Crippen LogP contribution >= 0.6 is 0 Å². The molecule has 1 aromatic carbocycles. The summed E-state index contributed by atoms with van der Waals surface area (Å²) in [6.07, 6.45) is 0. The molecular weight excluding hydrogens is 242 g/mol. The van der Waals surface area contributed by atoms with Gasteiger partial charge in [-0.2, -0.15) is 0 Å². The number of phenolic OH excluding ortho intramolecular Hbond substituents is 1. The third-order valence-corrected chi connectivity index (χ3v) is 0.756. The van der Waals surface area contributed by atoms with E-state index in [0.29, 0.717) is 5.75 Å². The van der Waals surface area contributed by atoms with Crippen LogP contribution in [0.25, 0.3) is 0 Å². The van der Waals surface area contributed by atoms with Crippen molar-refractivity contribution in [1.82, 2.24) is 0 Å². The second-order valence-corrected chi connectivity index (χ2v) is 1.34. The molecule has 1 rings (SSSR count). The third-order valence-electron chi connectivity index (χ3n) is 0.756. The standard InChI is InChI=1S/C6H6O.Al.HI/c7-6-4-2-1-3-5-6;;/h1-5,7H;;1H/q;+3;/p-1. The van der Waals surface area contributed by atoms with Gasteiger partial charge in [0.15, 0.2) is 0 Å². The normalized spacial score (nSPS) is 6.67. The van der Waals surface area contributed by atoms with Crippen LogP contribution in [-0.2, 0) is 0 Å². The quantitative estimate of drug-likeness (QED) is 0.416. The maximum absolute atomic E-state index is 8.63. The number of halogens is 1. The minimum absolute atomic E-state index is 0. The monoisotopic (exact) mass is 248 g/mol. The first-order valence-corrected chi connectivity index (χ1v) is 2.13. The Morgan fingerprint density at radius 2 is 1.44 bits per heavy atom. The topological polar surface area (TPSA) is 20.2 Å². The summed E-state index contributed by atoms with van der Waals surface area (Å²) < 4.78 is 0. The number of hydrogen-bond donors (Lipinski definition) is 1. The van der Waals surface area contributed by atoms with Crippen LogP contribution in [0.1, 0.15) is 0 Å². The average molecular weight is 248 g/mol. The summed E-state index contributed by atoms with van der Waals surface area (Å²) in [7, 11) is 0. The molecule has 0 aliphatic heterocycles. The van der Waals surface area contributed by atoms with Crippen molar-refractivity contribution in [2.45, 2.75) is 0 Å². The first-order valence-electron chi connectivity index (χ1n) is 2.13. The van der Waals surface area contributed by atoms with Gasteiger partial charge in [-0.25, -0.2) is 0 Å². The second-order valence-electron chi connectivity index (χ2n) is 1.34. The number of aromatic hydroxyl groups is 1. The van der Waals surface area contributed by atoms with Crippen molar-refractivity contribution in [2.75, 3.05) is 0 Å². The minimum Gasteiger partial charge on any atom is -1.00 e. The predicted octanol–water partition coefficient (Wildman–Crippen LogP) is -1.98. The third kappa shape index (κ3) is 4.77. The van der Waals surface area contributed by atoms with Crippen molar-refractivity contribution >= 4 is 17.4 Å². The molecule has 1 aromatic rings. The van der Waals surface area contributed by atoms with E-state index in [1.165, 1.54) is 0 Å². The number of para-hydroxylation sites is 1. The van der Waals surface area contributed by atoms with Gasteiger partial charge < -0.3 is 29.1 Å². The van der Waals surface area contributed by atoms with Crippen LogP contribution in [0.15, 0.2) is 30.3 Å². The van der Waals surface area contributed by atoms with Crippen LogP contribution in [0.4, 0.5) is 0 Å². The first-order chi connectivity index (χ1) is 3.39. The van der Waals surface area contributed by atoms with Crippen LogP contribution in [-0.4, -0.2) is 22.5 Å². The summed E-state index contributed by atoms with van der Waals surface area (Å²) in [6.45, 7) is 0. The van der Waals surface area contributed by atoms with Gasteiger partial charge in [0, 0.05) is 0 Å². The van der Waals surface area contributed by atoms with E-state index in [1.807, 2.05) is 6.07 Å². The molecule has 0 atom stereocenters. The van der Waals surface area contributed by atoms with Gasteiger partial charge in [-0.15, -0.1) is 0 Å². The Kier molecular flexibility index (Phi) is 8.54. The summed E-state index contributed by atoms with van der Waals surface area (Å²) in [5.74, 6) is 0.322. The van der Waals surface area contributed by atoms with Gasteiger partial charge >= 0.3 is 17.4 Å². The summed E-state index contributed by atoms with van der Waals surface area (Å²) >= 11 is 0. The zero-order chi connectivity index (χ0) is 5.11. The number of phenols is 1. The molecule has 1 nitrogen and oxygen atoms in total. The summed E-state index contributed by atoms with van der Waals surface area (Å²) in [5, 5.41) is 8.63. The Morgan fingerprint density at radius 1 is 1.00 bits per heavy atom. The van der Waals surface area contributed by atoms with Crippen molar-refractivity contribution in [2.24, 2.45) is 0 Å². The zero-order valence-corrected chi connectivity index (χ0v) is 8.10. The molecule has 0 radical (unpaired) electrons. The Labute approximate surface area is 82.2 Å². The van der Waals surface area contributed by atoms with E-state index in [0.717, 1.165) is 0 Å². The molecule has 9 heavy (non-hydrogen) atoms. The Morgan fingerprint density at radius 3 is 1.67 bits per heavy atom. The van der Waals surface area contributed by atoms with Crippen molar-refractivity contribution in [3.63, 3.8) is 0 Å². The van der Waals surface area contributed by atoms with Crippen LogP contribution in [0, 0.1) is 0 Å². The Balaban J connectivity index is 0. The molecule has 44 valence electrons. The van der Waals surface area contributed by atoms with Gasteiger partial charge in [0.2, 0.25) is 0 Å². The second kappa shape index (κ2) is 6.40. The fourth-order valence-electron chi connectivity index (χ4n) is 0.428. The van der Waals surface area contributed by atoms with Crippen molar-refractivity contribution in [1.29, 1.82) is 0 Å². The number of hydrogen-bond acceptors (Lipinski definition) is 1. The van der Waals surface area contributed by atoms with Crippen LogP contribution in [0.5, 0.6) is 5.75 Å². The van der Waals surface area contributed by atoms with E-state index in [4.69, 9.17) is 5.11 Å². The zero-order valence-electron chi connectivity index (χ0n) is 4.79. The van der Waals surface area contributed by atoms with Gasteiger partial charge in [-0.3, -0.25) is 0 Å². The van der Waals surface area contributed by atoms with Crippen molar-refractivity contribution in [3.8, 4) is 5.75 Å². The van der Waals surface area contributed by atoms with E-state index in [9.17, 15) is 0 Å². The molecule has 0 amide bonds. The van der Waals surface area contributed by atoms with E-state index >= 15 is 0 Å². The SMILES string of the molecule is Oc1ccccc1.[Al+3].[I-]. The van der Waals surface area contributed by atoms with Crippen LogP contribution < -0.4 is 24.0 Å². The Bertz CT molecular complexity index is 143. The van der Waals surface area contributed by atoms with Crippen LogP contribution in [0.2, 0.25) is 0 Å². The fraction of sp³-hybridized carbons (Fsp3) is 0. The van der Waals surface area contributed by atoms with E-state index in [2.05, 4.69) is 0 Å². The van der Waals surface area contributed by atoms with Gasteiger partial charge in [0.25, 0.3) is 0 Å². The predicted molar refractivity (Wildman–Crippen MR) is 33.9 cm³/mol. The summed E-state index contributed by atoms with van der Waals surface area (Å²) in [4.78, 5) is 0. The molecule has 3 heteroatoms. The van der Waals surface area contributed by atoms with Gasteiger partial charge in [0.1, 0.15) is 5.75 Å². The van der Waals surface area contributed by atoms with Crippen LogP contribution in [0.3, 0.4) is 0 Å². The molecule has 0 heterocycles. The fourth-order valence-corrected chi connectivity index (χ4v) is 0.428. The molecule has 1 N–H and O–H groups in total. The summed E-state index contributed by atoms with van der Waals surface area (Å²) in [6, 6.07) is 8.71. The molecular formula is C6H6AlIO+2. The van der Waals surface area contributed by atoms with Crippen molar-refractivity contribution < 1.29 is 29.1 Å². The molecule has 0 bridgehead atoms. The van der Waals surface area contributed by atoms with E-state index in [-0.39, 0.29) is 41.3 Å².